The first kappa shape index (κ1) is 13.9. The largest absolute Gasteiger partial charge is 0.396 e. The van der Waals surface area contributed by atoms with Crippen molar-refractivity contribution in [1.82, 2.24) is 9.97 Å². The molecule has 0 spiro atoms. The van der Waals surface area contributed by atoms with Gasteiger partial charge in [0.1, 0.15) is 4.64 Å². The molecule has 0 aliphatic heterocycles. The zero-order valence-corrected chi connectivity index (χ0v) is 10.9. The summed E-state index contributed by atoms with van der Waals surface area (Å²) >= 11 is 6.32. The third kappa shape index (κ3) is 6.88. The van der Waals surface area contributed by atoms with E-state index in [4.69, 9.17) is 17.3 Å². The van der Waals surface area contributed by atoms with Crippen LogP contribution in [0.1, 0.15) is 0 Å². The van der Waals surface area contributed by atoms with Crippen LogP contribution in [0.4, 0.5) is 0 Å². The van der Waals surface area contributed by atoms with Crippen molar-refractivity contribution in [2.45, 2.75) is 5.03 Å². The molecular formula is C12H14N2OS2. The summed E-state index contributed by atoms with van der Waals surface area (Å²) in [6.45, 7) is 0.210. The van der Waals surface area contributed by atoms with E-state index in [-0.39, 0.29) is 6.61 Å². The van der Waals surface area contributed by atoms with Crippen molar-refractivity contribution in [2.24, 2.45) is 0 Å². The number of hydrogen-bond acceptors (Lipinski definition) is 4. The fourth-order valence-electron chi connectivity index (χ4n) is 0.960. The lowest BCUT2D eigenvalue weighted by Crippen LogP contribution is -1.86. The minimum Gasteiger partial charge on any atom is -0.396 e. The molecule has 90 valence electrons. The Labute approximate surface area is 110 Å². The molecule has 0 unspecified atom stereocenters. The Morgan fingerprint density at radius 2 is 2.06 bits per heavy atom. The highest BCUT2D eigenvalue weighted by molar-refractivity contribution is 7.99. The molecule has 0 fully saturated rings. The van der Waals surface area contributed by atoms with Gasteiger partial charge >= 0.3 is 0 Å². The average molecular weight is 266 g/mol. The molecule has 2 aromatic rings. The third-order valence-electron chi connectivity index (χ3n) is 1.66. The Hall–Kier alpha value is -1.17. The van der Waals surface area contributed by atoms with Gasteiger partial charge in [-0.2, -0.15) is 0 Å². The molecular weight excluding hydrogens is 252 g/mol. The zero-order chi connectivity index (χ0) is 12.3. The molecule has 3 nitrogen and oxygen atoms in total. The van der Waals surface area contributed by atoms with Crippen LogP contribution in [0, 0.1) is 4.64 Å². The molecule has 2 aromatic heterocycles. The second-order valence-electron chi connectivity index (χ2n) is 2.97. The maximum atomic E-state index is 8.48. The summed E-state index contributed by atoms with van der Waals surface area (Å²) in [7, 11) is 0. The fraction of sp³-hybridized carbons (Fsp3) is 0.167. The van der Waals surface area contributed by atoms with Crippen LogP contribution in [-0.2, 0) is 0 Å². The van der Waals surface area contributed by atoms with Crippen LogP contribution < -0.4 is 0 Å². The first-order chi connectivity index (χ1) is 8.33. The molecule has 0 aliphatic rings. The van der Waals surface area contributed by atoms with Gasteiger partial charge in [0.15, 0.2) is 0 Å². The second-order valence-corrected chi connectivity index (χ2v) is 4.52. The maximum Gasteiger partial charge on any atom is 0.103 e. The van der Waals surface area contributed by atoms with E-state index in [1.54, 1.807) is 18.0 Å². The summed E-state index contributed by atoms with van der Waals surface area (Å²) in [6, 6.07) is 11.4. The van der Waals surface area contributed by atoms with Gasteiger partial charge in [0.25, 0.3) is 0 Å². The molecule has 0 saturated carbocycles. The Balaban J connectivity index is 0.000000181. The molecule has 17 heavy (non-hydrogen) atoms. The van der Waals surface area contributed by atoms with Gasteiger partial charge in [-0.15, -0.1) is 11.8 Å². The van der Waals surface area contributed by atoms with Crippen molar-refractivity contribution in [3.8, 4) is 0 Å². The quantitative estimate of drug-likeness (QED) is 0.662. The van der Waals surface area contributed by atoms with Crippen molar-refractivity contribution in [2.75, 3.05) is 12.4 Å². The number of aromatic nitrogens is 2. The van der Waals surface area contributed by atoms with Gasteiger partial charge in [-0.3, -0.25) is 0 Å². The molecule has 2 N–H and O–H groups in total. The minimum absolute atomic E-state index is 0.210. The minimum atomic E-state index is 0.210. The topological polar surface area (TPSA) is 48.9 Å². The number of aromatic amines is 1. The molecule has 0 atom stereocenters. The van der Waals surface area contributed by atoms with E-state index in [1.165, 1.54) is 0 Å². The first-order valence-electron chi connectivity index (χ1n) is 5.11. The summed E-state index contributed by atoms with van der Waals surface area (Å²) < 4.78 is 0.780. The molecule has 2 heterocycles. The van der Waals surface area contributed by atoms with Crippen molar-refractivity contribution in [1.29, 1.82) is 0 Å². The van der Waals surface area contributed by atoms with Crippen LogP contribution in [0.5, 0.6) is 0 Å². The number of thioether (sulfide) groups is 1. The van der Waals surface area contributed by atoms with Gasteiger partial charge in [0.2, 0.25) is 0 Å². The second kappa shape index (κ2) is 8.92. The van der Waals surface area contributed by atoms with Gasteiger partial charge in [-0.25, -0.2) is 4.98 Å². The van der Waals surface area contributed by atoms with Crippen molar-refractivity contribution >= 4 is 24.0 Å². The van der Waals surface area contributed by atoms with E-state index in [9.17, 15) is 0 Å². The summed E-state index contributed by atoms with van der Waals surface area (Å²) in [5, 5.41) is 9.45. The Kier molecular flexibility index (Phi) is 7.29. The summed E-state index contributed by atoms with van der Waals surface area (Å²) in [5.74, 6) is 0.719. The normalized spacial score (nSPS) is 9.24. The van der Waals surface area contributed by atoms with Crippen molar-refractivity contribution in [3.05, 3.63) is 53.4 Å². The molecule has 0 aliphatic carbocycles. The number of nitrogens with zero attached hydrogens (tertiary/aromatic N) is 1. The van der Waals surface area contributed by atoms with Crippen LogP contribution in [0.3, 0.4) is 0 Å². The van der Waals surface area contributed by atoms with Crippen molar-refractivity contribution < 1.29 is 5.11 Å². The number of nitrogens with one attached hydrogen (secondary N) is 1. The zero-order valence-electron chi connectivity index (χ0n) is 9.24. The van der Waals surface area contributed by atoms with Crippen LogP contribution in [-0.4, -0.2) is 27.4 Å². The Bertz CT molecular complexity index is 442. The lowest BCUT2D eigenvalue weighted by molar-refractivity contribution is 0.322. The first-order valence-corrected chi connectivity index (χ1v) is 6.50. The number of H-pyrrole nitrogens is 1. The number of hydrogen-bond donors (Lipinski definition) is 2. The van der Waals surface area contributed by atoms with Gasteiger partial charge in [0, 0.05) is 18.1 Å². The lowest BCUT2D eigenvalue weighted by Gasteiger charge is -1.94. The highest BCUT2D eigenvalue weighted by Gasteiger charge is 1.89. The van der Waals surface area contributed by atoms with E-state index in [0.29, 0.717) is 0 Å². The summed E-state index contributed by atoms with van der Waals surface area (Å²) in [5.41, 5.74) is 0. The van der Waals surface area contributed by atoms with Crippen LogP contribution >= 0.6 is 24.0 Å². The number of pyridine rings is 2. The monoisotopic (exact) mass is 266 g/mol. The summed E-state index contributed by atoms with van der Waals surface area (Å²) in [4.78, 5) is 6.91. The van der Waals surface area contributed by atoms with E-state index in [0.717, 1.165) is 15.4 Å². The molecule has 0 amide bonds. The predicted octanol–water partition coefficient (Wildman–Crippen LogP) is 2.91. The smallest absolute Gasteiger partial charge is 0.103 e. The molecule has 2 rings (SSSR count). The van der Waals surface area contributed by atoms with E-state index >= 15 is 0 Å². The highest BCUT2D eigenvalue weighted by Crippen LogP contribution is 2.12. The molecule has 0 bridgehead atoms. The van der Waals surface area contributed by atoms with Crippen molar-refractivity contribution in [3.63, 3.8) is 0 Å². The van der Waals surface area contributed by atoms with Gasteiger partial charge < -0.3 is 10.1 Å². The molecule has 0 aromatic carbocycles. The van der Waals surface area contributed by atoms with Crippen LogP contribution in [0.2, 0.25) is 0 Å². The average Bonchev–Trinajstić information content (AvgIpc) is 2.39. The fourth-order valence-corrected chi connectivity index (χ4v) is 1.72. The summed E-state index contributed by atoms with van der Waals surface area (Å²) in [6.07, 6.45) is 3.56. The standard InChI is InChI=1S/C7H9NOS.C5H5NS/c9-5-6-10-7-3-1-2-4-8-7;7-5-3-1-2-4-6-5/h1-4,9H,5-6H2;1-4H,(H,6,7). The lowest BCUT2D eigenvalue weighted by atomic mass is 10.5. The number of aliphatic hydroxyl groups is 1. The molecule has 0 radical (unpaired) electrons. The van der Waals surface area contributed by atoms with Gasteiger partial charge in [0.05, 0.1) is 11.6 Å². The van der Waals surface area contributed by atoms with Crippen LogP contribution in [0.25, 0.3) is 0 Å². The molecule has 0 saturated heterocycles. The molecule has 5 heteroatoms. The maximum absolute atomic E-state index is 8.48. The van der Waals surface area contributed by atoms with Gasteiger partial charge in [-0.1, -0.05) is 24.4 Å². The number of aliphatic hydroxyl groups excluding tert-OH is 1. The SMILES string of the molecule is OCCSc1ccccn1.S=c1cccc[nH]1. The van der Waals surface area contributed by atoms with Crippen LogP contribution in [0.15, 0.2) is 53.8 Å². The highest BCUT2D eigenvalue weighted by atomic mass is 32.2. The number of rotatable bonds is 3. The van der Waals surface area contributed by atoms with E-state index in [2.05, 4.69) is 9.97 Å². The third-order valence-corrected chi connectivity index (χ3v) is 2.84. The van der Waals surface area contributed by atoms with E-state index in [1.807, 2.05) is 42.6 Å². The Morgan fingerprint density at radius 3 is 2.53 bits per heavy atom. The van der Waals surface area contributed by atoms with Gasteiger partial charge in [-0.05, 0) is 24.3 Å². The Morgan fingerprint density at radius 1 is 1.24 bits per heavy atom. The van der Waals surface area contributed by atoms with E-state index < -0.39 is 0 Å². The predicted molar refractivity (Wildman–Crippen MR) is 73.7 cm³/mol.